The van der Waals surface area contributed by atoms with E-state index in [1.807, 2.05) is 6.07 Å². The first kappa shape index (κ1) is 14.9. The molecular formula is C19H19NO4. The SMILES string of the molecule is CC(Oc1ccc2c(c1)OCO2)C(=O)Nc1ccc2c(c1)CCC2. The standard InChI is InChI=1S/C19H19NO4/c1-12(24-16-7-8-17-18(10-16)23-11-22-17)19(21)20-15-6-5-13-3-2-4-14(13)9-15/h5-10,12H,2-4,11H2,1H3,(H,20,21). The van der Waals surface area contributed by atoms with E-state index < -0.39 is 6.10 Å². The summed E-state index contributed by atoms with van der Waals surface area (Å²) in [6.45, 7) is 1.94. The Morgan fingerprint density at radius 1 is 1.08 bits per heavy atom. The van der Waals surface area contributed by atoms with Gasteiger partial charge in [0.1, 0.15) is 5.75 Å². The highest BCUT2D eigenvalue weighted by Gasteiger charge is 2.19. The molecule has 1 atom stereocenters. The number of fused-ring (bicyclic) bond motifs is 2. The number of rotatable bonds is 4. The van der Waals surface area contributed by atoms with E-state index >= 15 is 0 Å². The third-order valence-corrected chi connectivity index (χ3v) is 4.39. The zero-order chi connectivity index (χ0) is 16.5. The van der Waals surface area contributed by atoms with Gasteiger partial charge < -0.3 is 19.5 Å². The Bertz CT molecular complexity index is 787. The van der Waals surface area contributed by atoms with Crippen LogP contribution in [-0.2, 0) is 17.6 Å². The summed E-state index contributed by atoms with van der Waals surface area (Å²) in [5, 5.41) is 2.92. The van der Waals surface area contributed by atoms with E-state index in [9.17, 15) is 4.79 Å². The number of aryl methyl sites for hydroxylation is 2. The second kappa shape index (κ2) is 6.07. The van der Waals surface area contributed by atoms with Gasteiger partial charge in [0, 0.05) is 11.8 Å². The number of carbonyl (C=O) groups excluding carboxylic acids is 1. The van der Waals surface area contributed by atoms with Crippen molar-refractivity contribution in [2.45, 2.75) is 32.3 Å². The second-order valence-electron chi connectivity index (χ2n) is 6.10. The molecular weight excluding hydrogens is 306 g/mol. The van der Waals surface area contributed by atoms with Crippen LogP contribution in [0.25, 0.3) is 0 Å². The topological polar surface area (TPSA) is 56.8 Å². The molecule has 2 aliphatic rings. The monoisotopic (exact) mass is 325 g/mol. The number of ether oxygens (including phenoxy) is 3. The van der Waals surface area contributed by atoms with Crippen LogP contribution in [0.4, 0.5) is 5.69 Å². The number of hydrogen-bond acceptors (Lipinski definition) is 4. The van der Waals surface area contributed by atoms with E-state index in [0.29, 0.717) is 17.2 Å². The molecule has 0 saturated carbocycles. The molecule has 1 aliphatic carbocycles. The first-order valence-electron chi connectivity index (χ1n) is 8.18. The van der Waals surface area contributed by atoms with Gasteiger partial charge in [-0.05, 0) is 61.6 Å². The molecule has 0 spiro atoms. The lowest BCUT2D eigenvalue weighted by Crippen LogP contribution is -2.30. The van der Waals surface area contributed by atoms with Crippen molar-refractivity contribution in [3.05, 3.63) is 47.5 Å². The zero-order valence-corrected chi connectivity index (χ0v) is 13.5. The van der Waals surface area contributed by atoms with Gasteiger partial charge in [-0.3, -0.25) is 4.79 Å². The van der Waals surface area contributed by atoms with E-state index in [1.54, 1.807) is 25.1 Å². The number of amides is 1. The minimum absolute atomic E-state index is 0.175. The molecule has 1 aliphatic heterocycles. The van der Waals surface area contributed by atoms with Crippen LogP contribution in [-0.4, -0.2) is 18.8 Å². The molecule has 124 valence electrons. The minimum Gasteiger partial charge on any atom is -0.481 e. The van der Waals surface area contributed by atoms with Crippen molar-refractivity contribution in [2.24, 2.45) is 0 Å². The highest BCUT2D eigenvalue weighted by atomic mass is 16.7. The van der Waals surface area contributed by atoms with Gasteiger partial charge in [-0.2, -0.15) is 0 Å². The van der Waals surface area contributed by atoms with Crippen molar-refractivity contribution < 1.29 is 19.0 Å². The van der Waals surface area contributed by atoms with Gasteiger partial charge in [0.15, 0.2) is 17.6 Å². The third-order valence-electron chi connectivity index (χ3n) is 4.39. The second-order valence-corrected chi connectivity index (χ2v) is 6.10. The van der Waals surface area contributed by atoms with Crippen molar-refractivity contribution in [1.82, 2.24) is 0 Å². The average molecular weight is 325 g/mol. The molecule has 5 nitrogen and oxygen atoms in total. The maximum atomic E-state index is 12.4. The van der Waals surface area contributed by atoms with Crippen LogP contribution in [0.1, 0.15) is 24.5 Å². The molecule has 1 amide bonds. The molecule has 24 heavy (non-hydrogen) atoms. The summed E-state index contributed by atoms with van der Waals surface area (Å²) in [6.07, 6.45) is 2.80. The molecule has 2 aromatic carbocycles. The summed E-state index contributed by atoms with van der Waals surface area (Å²) in [7, 11) is 0. The molecule has 0 fully saturated rings. The summed E-state index contributed by atoms with van der Waals surface area (Å²) in [5.41, 5.74) is 3.54. The number of benzene rings is 2. The summed E-state index contributed by atoms with van der Waals surface area (Å²) < 4.78 is 16.3. The summed E-state index contributed by atoms with van der Waals surface area (Å²) >= 11 is 0. The van der Waals surface area contributed by atoms with Crippen LogP contribution in [0.2, 0.25) is 0 Å². The normalized spacial score (nSPS) is 15.7. The van der Waals surface area contributed by atoms with Crippen LogP contribution >= 0.6 is 0 Å². The largest absolute Gasteiger partial charge is 0.481 e. The Balaban J connectivity index is 1.41. The van der Waals surface area contributed by atoms with Gasteiger partial charge in [-0.1, -0.05) is 6.07 Å². The predicted molar refractivity (Wildman–Crippen MR) is 89.8 cm³/mol. The van der Waals surface area contributed by atoms with Gasteiger partial charge >= 0.3 is 0 Å². The Hall–Kier alpha value is -2.69. The molecule has 0 saturated heterocycles. The Morgan fingerprint density at radius 2 is 1.92 bits per heavy atom. The van der Waals surface area contributed by atoms with Crippen molar-refractivity contribution in [2.75, 3.05) is 12.1 Å². The van der Waals surface area contributed by atoms with Crippen LogP contribution < -0.4 is 19.5 Å². The van der Waals surface area contributed by atoms with Crippen LogP contribution in [0.15, 0.2) is 36.4 Å². The number of anilines is 1. The predicted octanol–water partition coefficient (Wildman–Crippen LogP) is 3.31. The van der Waals surface area contributed by atoms with Crippen LogP contribution in [0.5, 0.6) is 17.2 Å². The number of hydrogen-bond donors (Lipinski definition) is 1. The maximum Gasteiger partial charge on any atom is 0.265 e. The fourth-order valence-corrected chi connectivity index (χ4v) is 3.10. The average Bonchev–Trinajstić information content (AvgIpc) is 3.22. The first-order valence-corrected chi connectivity index (χ1v) is 8.18. The highest BCUT2D eigenvalue weighted by molar-refractivity contribution is 5.94. The summed E-state index contributed by atoms with van der Waals surface area (Å²) in [5.74, 6) is 1.73. The quantitative estimate of drug-likeness (QED) is 0.937. The minimum atomic E-state index is -0.612. The zero-order valence-electron chi connectivity index (χ0n) is 13.5. The summed E-state index contributed by atoms with van der Waals surface area (Å²) in [4.78, 5) is 12.4. The van der Waals surface area contributed by atoms with Crippen LogP contribution in [0.3, 0.4) is 0 Å². The molecule has 0 radical (unpaired) electrons. The van der Waals surface area contributed by atoms with E-state index in [-0.39, 0.29) is 12.7 Å². The van der Waals surface area contributed by atoms with Crippen molar-refractivity contribution in [1.29, 1.82) is 0 Å². The lowest BCUT2D eigenvalue weighted by Gasteiger charge is -2.15. The first-order chi connectivity index (χ1) is 11.7. The molecule has 0 aromatic heterocycles. The number of carbonyl (C=O) groups is 1. The maximum absolute atomic E-state index is 12.4. The van der Waals surface area contributed by atoms with Gasteiger partial charge in [-0.25, -0.2) is 0 Å². The smallest absolute Gasteiger partial charge is 0.265 e. The van der Waals surface area contributed by atoms with E-state index in [1.165, 1.54) is 17.5 Å². The Labute approximate surface area is 140 Å². The van der Waals surface area contributed by atoms with E-state index in [4.69, 9.17) is 14.2 Å². The molecule has 4 rings (SSSR count). The molecule has 2 aromatic rings. The summed E-state index contributed by atoms with van der Waals surface area (Å²) in [6, 6.07) is 11.4. The lowest BCUT2D eigenvalue weighted by molar-refractivity contribution is -0.122. The van der Waals surface area contributed by atoms with Gasteiger partial charge in [-0.15, -0.1) is 0 Å². The Morgan fingerprint density at radius 3 is 2.83 bits per heavy atom. The molecule has 5 heteroatoms. The van der Waals surface area contributed by atoms with Gasteiger partial charge in [0.2, 0.25) is 6.79 Å². The van der Waals surface area contributed by atoms with Crippen molar-refractivity contribution >= 4 is 11.6 Å². The van der Waals surface area contributed by atoms with Crippen molar-refractivity contribution in [3.63, 3.8) is 0 Å². The fourth-order valence-electron chi connectivity index (χ4n) is 3.10. The highest BCUT2D eigenvalue weighted by Crippen LogP contribution is 2.35. The molecule has 1 N–H and O–H groups in total. The molecule has 1 unspecified atom stereocenters. The van der Waals surface area contributed by atoms with Gasteiger partial charge in [0.05, 0.1) is 0 Å². The van der Waals surface area contributed by atoms with E-state index in [2.05, 4.69) is 17.4 Å². The molecule has 1 heterocycles. The fraction of sp³-hybridized carbons (Fsp3) is 0.316. The van der Waals surface area contributed by atoms with Crippen LogP contribution in [0, 0.1) is 0 Å². The third kappa shape index (κ3) is 2.89. The van der Waals surface area contributed by atoms with Crippen molar-refractivity contribution in [3.8, 4) is 17.2 Å². The van der Waals surface area contributed by atoms with Gasteiger partial charge in [0.25, 0.3) is 5.91 Å². The lowest BCUT2D eigenvalue weighted by atomic mass is 10.1. The van der Waals surface area contributed by atoms with E-state index in [0.717, 1.165) is 18.5 Å². The Kier molecular flexibility index (Phi) is 3.76. The number of nitrogens with one attached hydrogen (secondary N) is 1. The molecule has 0 bridgehead atoms.